The molecule has 1 N–H and O–H groups in total. The van der Waals surface area contributed by atoms with Gasteiger partial charge in [0.2, 0.25) is 5.91 Å². The van der Waals surface area contributed by atoms with E-state index < -0.39 is 5.82 Å². The van der Waals surface area contributed by atoms with Crippen molar-refractivity contribution in [3.63, 3.8) is 0 Å². The molecule has 1 aliphatic heterocycles. The SMILES string of the molecule is O=C(NCC(=O)N1CCN(C(=O)c2ccccc2F)CC1)c1ccccc1. The van der Waals surface area contributed by atoms with E-state index in [0.29, 0.717) is 31.7 Å². The van der Waals surface area contributed by atoms with Crippen LogP contribution in [-0.4, -0.2) is 60.2 Å². The average molecular weight is 369 g/mol. The highest BCUT2D eigenvalue weighted by molar-refractivity contribution is 5.96. The van der Waals surface area contributed by atoms with Crippen LogP contribution in [0.4, 0.5) is 4.39 Å². The zero-order valence-electron chi connectivity index (χ0n) is 14.7. The van der Waals surface area contributed by atoms with Gasteiger partial charge in [0.1, 0.15) is 5.82 Å². The summed E-state index contributed by atoms with van der Waals surface area (Å²) >= 11 is 0. The fourth-order valence-corrected chi connectivity index (χ4v) is 2.92. The summed E-state index contributed by atoms with van der Waals surface area (Å²) in [5.74, 6) is -1.45. The van der Waals surface area contributed by atoms with Crippen molar-refractivity contribution in [2.45, 2.75) is 0 Å². The van der Waals surface area contributed by atoms with Gasteiger partial charge >= 0.3 is 0 Å². The maximum Gasteiger partial charge on any atom is 0.256 e. The molecule has 0 radical (unpaired) electrons. The Bertz CT molecular complexity index is 833. The lowest BCUT2D eigenvalue weighted by atomic mass is 10.1. The topological polar surface area (TPSA) is 69.7 Å². The van der Waals surface area contributed by atoms with Crippen molar-refractivity contribution in [1.82, 2.24) is 15.1 Å². The molecule has 1 fully saturated rings. The van der Waals surface area contributed by atoms with Gasteiger partial charge < -0.3 is 15.1 Å². The van der Waals surface area contributed by atoms with E-state index in [9.17, 15) is 18.8 Å². The molecule has 0 aliphatic carbocycles. The van der Waals surface area contributed by atoms with Gasteiger partial charge in [-0.05, 0) is 24.3 Å². The maximum atomic E-state index is 13.8. The van der Waals surface area contributed by atoms with Gasteiger partial charge in [0.15, 0.2) is 0 Å². The Morgan fingerprint density at radius 3 is 2.11 bits per heavy atom. The smallest absolute Gasteiger partial charge is 0.256 e. The second kappa shape index (κ2) is 8.44. The molecule has 1 heterocycles. The minimum absolute atomic E-state index is 0.0346. The number of nitrogens with one attached hydrogen (secondary N) is 1. The van der Waals surface area contributed by atoms with Crippen LogP contribution < -0.4 is 5.32 Å². The minimum atomic E-state index is -0.551. The highest BCUT2D eigenvalue weighted by Crippen LogP contribution is 2.12. The number of carbonyl (C=O) groups is 3. The summed E-state index contributed by atoms with van der Waals surface area (Å²) in [6.07, 6.45) is 0. The molecule has 140 valence electrons. The summed E-state index contributed by atoms with van der Waals surface area (Å²) < 4.78 is 13.8. The third-order valence-corrected chi connectivity index (χ3v) is 4.46. The van der Waals surface area contributed by atoms with Crippen molar-refractivity contribution in [2.24, 2.45) is 0 Å². The highest BCUT2D eigenvalue weighted by Gasteiger charge is 2.26. The van der Waals surface area contributed by atoms with Crippen molar-refractivity contribution in [1.29, 1.82) is 0 Å². The molecule has 0 atom stereocenters. The van der Waals surface area contributed by atoms with E-state index in [0.717, 1.165) is 0 Å². The van der Waals surface area contributed by atoms with Crippen molar-refractivity contribution >= 4 is 17.7 Å². The lowest BCUT2D eigenvalue weighted by Gasteiger charge is -2.35. The second-order valence-corrected chi connectivity index (χ2v) is 6.20. The first-order valence-electron chi connectivity index (χ1n) is 8.71. The summed E-state index contributed by atoms with van der Waals surface area (Å²) in [6.45, 7) is 1.24. The fourth-order valence-electron chi connectivity index (χ4n) is 2.92. The molecule has 1 saturated heterocycles. The molecule has 0 aromatic heterocycles. The second-order valence-electron chi connectivity index (χ2n) is 6.20. The van der Waals surface area contributed by atoms with Gasteiger partial charge in [0.05, 0.1) is 12.1 Å². The zero-order valence-corrected chi connectivity index (χ0v) is 14.7. The fraction of sp³-hybridized carbons (Fsp3) is 0.250. The van der Waals surface area contributed by atoms with E-state index >= 15 is 0 Å². The first-order valence-corrected chi connectivity index (χ1v) is 8.71. The molecule has 7 heteroatoms. The first kappa shape index (κ1) is 18.6. The molecule has 0 bridgehead atoms. The Morgan fingerprint density at radius 1 is 0.852 bits per heavy atom. The van der Waals surface area contributed by atoms with Gasteiger partial charge in [0, 0.05) is 31.7 Å². The number of hydrogen-bond acceptors (Lipinski definition) is 3. The molecule has 6 nitrogen and oxygen atoms in total. The van der Waals surface area contributed by atoms with Crippen LogP contribution in [0, 0.1) is 5.82 Å². The summed E-state index contributed by atoms with van der Waals surface area (Å²) in [5, 5.41) is 2.60. The van der Waals surface area contributed by atoms with Gasteiger partial charge in [-0.3, -0.25) is 14.4 Å². The molecule has 3 rings (SSSR count). The molecule has 2 aromatic carbocycles. The third kappa shape index (κ3) is 4.49. The van der Waals surface area contributed by atoms with Gasteiger partial charge in [-0.2, -0.15) is 0 Å². The summed E-state index contributed by atoms with van der Waals surface area (Å²) in [5.41, 5.74) is 0.526. The number of rotatable bonds is 4. The molecular weight excluding hydrogens is 349 g/mol. The molecule has 3 amide bonds. The Hall–Kier alpha value is -3.22. The van der Waals surface area contributed by atoms with E-state index in [-0.39, 0.29) is 29.8 Å². The van der Waals surface area contributed by atoms with Crippen LogP contribution in [0.25, 0.3) is 0 Å². The molecule has 0 spiro atoms. The average Bonchev–Trinajstić information content (AvgIpc) is 2.72. The van der Waals surface area contributed by atoms with Crippen LogP contribution in [0.1, 0.15) is 20.7 Å². The first-order chi connectivity index (χ1) is 13.1. The number of piperazine rings is 1. The zero-order chi connectivity index (χ0) is 19.2. The third-order valence-electron chi connectivity index (χ3n) is 4.46. The largest absolute Gasteiger partial charge is 0.343 e. The Labute approximate surface area is 156 Å². The maximum absolute atomic E-state index is 13.8. The molecule has 2 aromatic rings. The predicted octanol–water partition coefficient (Wildman–Crippen LogP) is 1.54. The summed E-state index contributed by atoms with van der Waals surface area (Å²) in [6, 6.07) is 14.5. The normalized spacial score (nSPS) is 14.0. The van der Waals surface area contributed by atoms with Crippen LogP contribution >= 0.6 is 0 Å². The molecule has 1 aliphatic rings. The Balaban J connectivity index is 1.49. The van der Waals surface area contributed by atoms with Crippen LogP contribution in [0.3, 0.4) is 0 Å². The number of benzene rings is 2. The van der Waals surface area contributed by atoms with E-state index in [4.69, 9.17) is 0 Å². The predicted molar refractivity (Wildman–Crippen MR) is 97.7 cm³/mol. The summed E-state index contributed by atoms with van der Waals surface area (Å²) in [7, 11) is 0. The van der Waals surface area contributed by atoms with E-state index in [2.05, 4.69) is 5.32 Å². The van der Waals surface area contributed by atoms with Gasteiger partial charge in [-0.25, -0.2) is 4.39 Å². The quantitative estimate of drug-likeness (QED) is 0.889. The molecule has 0 saturated carbocycles. The van der Waals surface area contributed by atoms with Gasteiger partial charge in [-0.1, -0.05) is 30.3 Å². The highest BCUT2D eigenvalue weighted by atomic mass is 19.1. The number of nitrogens with zero attached hydrogens (tertiary/aromatic N) is 2. The van der Waals surface area contributed by atoms with Crippen LogP contribution in [-0.2, 0) is 4.79 Å². The number of hydrogen-bond donors (Lipinski definition) is 1. The van der Waals surface area contributed by atoms with Crippen LogP contribution in [0.15, 0.2) is 54.6 Å². The van der Waals surface area contributed by atoms with Gasteiger partial charge in [-0.15, -0.1) is 0 Å². The lowest BCUT2D eigenvalue weighted by molar-refractivity contribution is -0.131. The van der Waals surface area contributed by atoms with E-state index in [1.807, 2.05) is 6.07 Å². The molecular formula is C20H20FN3O3. The van der Waals surface area contributed by atoms with E-state index in [1.54, 1.807) is 35.2 Å². The minimum Gasteiger partial charge on any atom is -0.343 e. The standard InChI is InChI=1S/C20H20FN3O3/c21-17-9-5-4-8-16(17)20(27)24-12-10-23(11-13-24)18(25)14-22-19(26)15-6-2-1-3-7-15/h1-9H,10-14H2,(H,22,26). The van der Waals surface area contributed by atoms with Gasteiger partial charge in [0.25, 0.3) is 11.8 Å². The molecule has 0 unspecified atom stereocenters. The van der Waals surface area contributed by atoms with Crippen molar-refractivity contribution in [3.8, 4) is 0 Å². The van der Waals surface area contributed by atoms with Crippen molar-refractivity contribution in [2.75, 3.05) is 32.7 Å². The number of carbonyl (C=O) groups excluding carboxylic acids is 3. The van der Waals surface area contributed by atoms with E-state index in [1.165, 1.54) is 23.1 Å². The summed E-state index contributed by atoms with van der Waals surface area (Å²) in [4.78, 5) is 39.8. The number of amides is 3. The molecule has 27 heavy (non-hydrogen) atoms. The van der Waals surface area contributed by atoms with Crippen molar-refractivity contribution in [3.05, 3.63) is 71.5 Å². The lowest BCUT2D eigenvalue weighted by Crippen LogP contribution is -2.52. The Morgan fingerprint density at radius 2 is 1.44 bits per heavy atom. The van der Waals surface area contributed by atoms with Crippen LogP contribution in [0.5, 0.6) is 0 Å². The van der Waals surface area contributed by atoms with Crippen molar-refractivity contribution < 1.29 is 18.8 Å². The monoisotopic (exact) mass is 369 g/mol. The number of halogens is 1. The Kier molecular flexibility index (Phi) is 5.80. The van der Waals surface area contributed by atoms with Crippen LogP contribution in [0.2, 0.25) is 0 Å².